The van der Waals surface area contributed by atoms with E-state index in [4.69, 9.17) is 0 Å². The summed E-state index contributed by atoms with van der Waals surface area (Å²) in [4.78, 5) is 45.5. The zero-order valence-electron chi connectivity index (χ0n) is 16.2. The van der Waals surface area contributed by atoms with Crippen molar-refractivity contribution in [3.05, 3.63) is 0 Å². The highest BCUT2D eigenvalue weighted by atomic mass is 32.2. The fourth-order valence-electron chi connectivity index (χ4n) is 1.68. The van der Waals surface area contributed by atoms with Gasteiger partial charge in [0.2, 0.25) is 0 Å². The maximum absolute atomic E-state index is 13.0. The van der Waals surface area contributed by atoms with Crippen molar-refractivity contribution in [2.75, 3.05) is 25.7 Å². The van der Waals surface area contributed by atoms with Gasteiger partial charge in [-0.15, -0.1) is 0 Å². The van der Waals surface area contributed by atoms with Gasteiger partial charge < -0.3 is 20.1 Å². The van der Waals surface area contributed by atoms with Crippen LogP contribution in [0.2, 0.25) is 0 Å². The molecule has 0 heterocycles. The van der Waals surface area contributed by atoms with Crippen LogP contribution in [0.3, 0.4) is 0 Å². The molecule has 0 aliphatic heterocycles. The van der Waals surface area contributed by atoms with Gasteiger partial charge >= 0.3 is 48.0 Å². The fourth-order valence-corrected chi connectivity index (χ4v) is 2.73. The van der Waals surface area contributed by atoms with Gasteiger partial charge in [0.25, 0.3) is 0 Å². The monoisotopic (exact) mass is 528 g/mol. The highest BCUT2D eigenvalue weighted by Gasteiger charge is 2.64. The van der Waals surface area contributed by atoms with E-state index in [1.54, 1.807) is 0 Å². The number of thioether (sulfide) groups is 1. The smallest absolute Gasteiger partial charge is 0.463 e. The van der Waals surface area contributed by atoms with Gasteiger partial charge in [-0.05, 0) is 0 Å². The number of carbonyl (C=O) groups excluding carboxylic acids is 4. The Balaban J connectivity index is 5.38. The average molecular weight is 528 g/mol. The van der Waals surface area contributed by atoms with Gasteiger partial charge in [-0.1, -0.05) is 0 Å². The largest absolute Gasteiger partial charge is 0.467 e. The van der Waals surface area contributed by atoms with E-state index in [2.05, 4.69) is 9.47 Å². The third-order valence-corrected chi connectivity index (χ3v) is 4.57. The summed E-state index contributed by atoms with van der Waals surface area (Å²) in [6, 6.07) is -4.40. The first-order valence-electron chi connectivity index (χ1n) is 7.98. The quantitative estimate of drug-likeness (QED) is 0.326. The highest BCUT2D eigenvalue weighted by Crippen LogP contribution is 2.36. The number of esters is 2. The van der Waals surface area contributed by atoms with Crippen LogP contribution >= 0.6 is 11.8 Å². The van der Waals surface area contributed by atoms with E-state index >= 15 is 0 Å². The van der Waals surface area contributed by atoms with Crippen molar-refractivity contribution in [2.45, 2.75) is 36.3 Å². The minimum absolute atomic E-state index is 0.194. The number of carbonyl (C=O) groups is 4. The van der Waals surface area contributed by atoms with E-state index in [0.29, 0.717) is 14.2 Å². The van der Waals surface area contributed by atoms with Crippen molar-refractivity contribution in [1.29, 1.82) is 0 Å². The zero-order valence-corrected chi connectivity index (χ0v) is 17.0. The summed E-state index contributed by atoms with van der Waals surface area (Å²) in [6.45, 7) is 0. The van der Waals surface area contributed by atoms with Gasteiger partial charge in [0, 0.05) is 11.5 Å². The maximum Gasteiger partial charge on any atom is 0.463 e. The Morgan fingerprint density at radius 2 is 0.939 bits per heavy atom. The Morgan fingerprint density at radius 3 is 1.15 bits per heavy atom. The van der Waals surface area contributed by atoms with Crippen LogP contribution < -0.4 is 10.6 Å². The van der Waals surface area contributed by atoms with Crippen LogP contribution in [-0.4, -0.2) is 85.8 Å². The molecule has 0 spiro atoms. The SMILES string of the molecule is COC(=O)[C@H](CSC[C@H](NC(=O)C(F)(F)C(F)(F)F)C(=O)OC)NC(=O)C(F)(F)C(F)(F)F. The summed E-state index contributed by atoms with van der Waals surface area (Å²) in [5, 5.41) is 2.08. The van der Waals surface area contributed by atoms with E-state index in [0.717, 1.165) is 10.6 Å². The van der Waals surface area contributed by atoms with E-state index < -0.39 is 71.5 Å². The Hall–Kier alpha value is -2.47. The molecule has 0 aromatic rings. The third kappa shape index (κ3) is 7.81. The summed E-state index contributed by atoms with van der Waals surface area (Å²) in [6.07, 6.45) is -12.6. The molecule has 0 rings (SSSR count). The van der Waals surface area contributed by atoms with Crippen LogP contribution in [-0.2, 0) is 28.7 Å². The summed E-state index contributed by atoms with van der Waals surface area (Å²) in [5.41, 5.74) is 0. The molecule has 0 saturated carbocycles. The molecular formula is C14H14F10N2O6S. The van der Waals surface area contributed by atoms with E-state index in [9.17, 15) is 63.1 Å². The molecule has 0 aliphatic rings. The predicted molar refractivity (Wildman–Crippen MR) is 87.2 cm³/mol. The van der Waals surface area contributed by atoms with Crippen LogP contribution in [0.1, 0.15) is 0 Å². The molecule has 0 unspecified atom stereocenters. The van der Waals surface area contributed by atoms with E-state index in [1.165, 1.54) is 0 Å². The topological polar surface area (TPSA) is 111 Å². The van der Waals surface area contributed by atoms with Crippen LogP contribution in [0.25, 0.3) is 0 Å². The van der Waals surface area contributed by atoms with Crippen LogP contribution in [0, 0.1) is 0 Å². The molecule has 0 radical (unpaired) electrons. The van der Waals surface area contributed by atoms with Crippen molar-refractivity contribution in [3.63, 3.8) is 0 Å². The molecule has 0 saturated heterocycles. The number of hydrogen-bond acceptors (Lipinski definition) is 7. The lowest BCUT2D eigenvalue weighted by atomic mass is 10.2. The van der Waals surface area contributed by atoms with Crippen molar-refractivity contribution in [3.8, 4) is 0 Å². The predicted octanol–water partition coefficient (Wildman–Crippen LogP) is 1.43. The summed E-state index contributed by atoms with van der Waals surface area (Å²) < 4.78 is 134. The lowest BCUT2D eigenvalue weighted by Crippen LogP contribution is -2.56. The number of methoxy groups -OCH3 is 2. The van der Waals surface area contributed by atoms with Crippen molar-refractivity contribution in [2.24, 2.45) is 0 Å². The van der Waals surface area contributed by atoms with Gasteiger partial charge in [0.05, 0.1) is 14.2 Å². The lowest BCUT2D eigenvalue weighted by molar-refractivity contribution is -0.270. The number of hydrogen-bond donors (Lipinski definition) is 2. The molecule has 19 heteroatoms. The summed E-state index contributed by atoms with van der Waals surface area (Å²) in [7, 11) is 1.31. The first-order valence-corrected chi connectivity index (χ1v) is 9.13. The average Bonchev–Trinajstić information content (AvgIpc) is 2.68. The Morgan fingerprint density at radius 1 is 0.667 bits per heavy atom. The number of amides is 2. The number of alkyl halides is 10. The van der Waals surface area contributed by atoms with Gasteiger partial charge in [-0.25, -0.2) is 9.59 Å². The normalized spacial score (nSPS) is 14.7. The second kappa shape index (κ2) is 11.1. The van der Waals surface area contributed by atoms with Crippen LogP contribution in [0.5, 0.6) is 0 Å². The van der Waals surface area contributed by atoms with Crippen molar-refractivity contribution < 1.29 is 72.6 Å². The van der Waals surface area contributed by atoms with E-state index in [1.807, 2.05) is 0 Å². The van der Waals surface area contributed by atoms with Gasteiger partial charge in [-0.2, -0.15) is 55.7 Å². The molecule has 0 aromatic carbocycles. The van der Waals surface area contributed by atoms with Gasteiger partial charge in [0.1, 0.15) is 12.1 Å². The minimum atomic E-state index is -6.32. The Labute approximate surface area is 181 Å². The molecule has 2 atom stereocenters. The first-order chi connectivity index (χ1) is 14.7. The lowest BCUT2D eigenvalue weighted by Gasteiger charge is -2.24. The molecule has 8 nitrogen and oxygen atoms in total. The van der Waals surface area contributed by atoms with Crippen molar-refractivity contribution in [1.82, 2.24) is 10.6 Å². The second-order valence-corrected chi connectivity index (χ2v) is 6.86. The fraction of sp³-hybridized carbons (Fsp3) is 0.714. The van der Waals surface area contributed by atoms with Crippen molar-refractivity contribution >= 4 is 35.5 Å². The number of nitrogens with one attached hydrogen (secondary N) is 2. The standard InChI is InChI=1S/C14H14F10N2O6S/c1-31-7(27)5(25-9(29)11(15,16)13(19,20)21)3-33-4-6(8(28)32-2)26-10(30)12(17,18)14(22,23)24/h5-6H,3-4H2,1-2H3,(H,25,29)(H,26,30)/t5-,6-/m0/s1. The summed E-state index contributed by atoms with van der Waals surface area (Å²) in [5.74, 6) is -22.7. The molecular weight excluding hydrogens is 514 g/mol. The number of ether oxygens (including phenoxy) is 2. The first kappa shape index (κ1) is 30.5. The summed E-state index contributed by atoms with van der Waals surface area (Å²) >= 11 is 0.194. The Kier molecular flexibility index (Phi) is 10.3. The molecule has 0 bridgehead atoms. The number of rotatable bonds is 10. The van der Waals surface area contributed by atoms with Crippen LogP contribution in [0.15, 0.2) is 0 Å². The highest BCUT2D eigenvalue weighted by molar-refractivity contribution is 7.99. The molecule has 0 aliphatic carbocycles. The van der Waals surface area contributed by atoms with Gasteiger partial charge in [-0.3, -0.25) is 9.59 Å². The maximum atomic E-state index is 13.0. The molecule has 2 N–H and O–H groups in total. The molecule has 0 aromatic heterocycles. The molecule has 33 heavy (non-hydrogen) atoms. The number of halogens is 10. The zero-order chi connectivity index (χ0) is 26.4. The van der Waals surface area contributed by atoms with E-state index in [-0.39, 0.29) is 11.8 Å². The minimum Gasteiger partial charge on any atom is -0.467 e. The molecule has 0 fully saturated rings. The van der Waals surface area contributed by atoms with Gasteiger partial charge in [0.15, 0.2) is 0 Å². The molecule has 2 amide bonds. The second-order valence-electron chi connectivity index (χ2n) is 5.78. The third-order valence-electron chi connectivity index (χ3n) is 3.43. The molecule has 192 valence electrons. The Bertz CT molecular complexity index is 683. The van der Waals surface area contributed by atoms with Crippen LogP contribution in [0.4, 0.5) is 43.9 Å².